The van der Waals surface area contributed by atoms with Gasteiger partial charge in [-0.2, -0.15) is 4.98 Å². The van der Waals surface area contributed by atoms with Crippen LogP contribution in [0.4, 0.5) is 33.6 Å². The second-order valence-electron chi connectivity index (χ2n) is 9.28. The first-order chi connectivity index (χ1) is 18.8. The maximum absolute atomic E-state index is 13.3. The van der Waals surface area contributed by atoms with E-state index < -0.39 is 6.09 Å². The minimum Gasteiger partial charge on any atom is -0.465 e. The van der Waals surface area contributed by atoms with Crippen molar-refractivity contribution < 1.29 is 19.4 Å². The molecule has 13 heteroatoms. The molecule has 0 bridgehead atoms. The fourth-order valence-corrected chi connectivity index (χ4v) is 5.45. The average Bonchev–Trinajstić information content (AvgIpc) is 2.92. The highest BCUT2D eigenvalue weighted by Gasteiger charge is 2.33. The zero-order valence-electron chi connectivity index (χ0n) is 21.3. The molecule has 2 amide bonds. The quantitative estimate of drug-likeness (QED) is 0.444. The Kier molecular flexibility index (Phi) is 7.65. The van der Waals surface area contributed by atoms with Gasteiger partial charge in [-0.1, -0.05) is 29.3 Å². The Morgan fingerprint density at radius 3 is 2.54 bits per heavy atom. The summed E-state index contributed by atoms with van der Waals surface area (Å²) in [6, 6.07) is 12.6. The molecule has 1 saturated heterocycles. The Morgan fingerprint density at radius 2 is 1.87 bits per heavy atom. The number of carbonyl (C=O) groups excluding carboxylic acids is 1. The fraction of sp³-hybridized carbons (Fsp3) is 0.308. The van der Waals surface area contributed by atoms with E-state index in [1.54, 1.807) is 25.3 Å². The zero-order valence-corrected chi connectivity index (χ0v) is 22.9. The van der Waals surface area contributed by atoms with Crippen molar-refractivity contribution in [1.82, 2.24) is 14.9 Å². The van der Waals surface area contributed by atoms with E-state index in [0.29, 0.717) is 59.3 Å². The number of hydrogen-bond donors (Lipinski definition) is 2. The van der Waals surface area contributed by atoms with Gasteiger partial charge in [-0.3, -0.25) is 14.6 Å². The Hall–Kier alpha value is -3.80. The number of rotatable bonds is 6. The minimum atomic E-state index is -0.936. The Bertz CT molecular complexity index is 1370. The number of carboxylic acid groups (broad SMARTS) is 1. The van der Waals surface area contributed by atoms with Crippen LogP contribution < -0.4 is 20.0 Å². The highest BCUT2D eigenvalue weighted by atomic mass is 35.5. The summed E-state index contributed by atoms with van der Waals surface area (Å²) in [5.41, 5.74) is 2.53. The molecule has 0 radical (unpaired) electrons. The Morgan fingerprint density at radius 1 is 1.15 bits per heavy atom. The molecule has 1 atom stereocenters. The summed E-state index contributed by atoms with van der Waals surface area (Å²) >= 11 is 12.7. The maximum Gasteiger partial charge on any atom is 0.407 e. The van der Waals surface area contributed by atoms with Crippen LogP contribution in [0.25, 0.3) is 0 Å². The number of piperazine rings is 1. The summed E-state index contributed by atoms with van der Waals surface area (Å²) in [5.74, 6) is 0.554. The van der Waals surface area contributed by atoms with E-state index in [-0.39, 0.29) is 18.6 Å². The number of nitrogens with one attached hydrogen (secondary N) is 1. The van der Waals surface area contributed by atoms with Gasteiger partial charge in [0.25, 0.3) is 5.91 Å². The molecule has 0 saturated carbocycles. The predicted octanol–water partition coefficient (Wildman–Crippen LogP) is 4.40. The minimum absolute atomic E-state index is 0.222. The molecule has 39 heavy (non-hydrogen) atoms. The summed E-state index contributed by atoms with van der Waals surface area (Å²) in [6.45, 7) is 2.08. The third-order valence-electron chi connectivity index (χ3n) is 6.74. The van der Waals surface area contributed by atoms with Crippen molar-refractivity contribution in [2.45, 2.75) is 6.04 Å². The van der Waals surface area contributed by atoms with Crippen LogP contribution in [-0.2, 0) is 4.74 Å². The molecule has 2 aliphatic rings. The lowest BCUT2D eigenvalue weighted by Gasteiger charge is -2.40. The molecule has 5 rings (SSSR count). The molecular weight excluding hydrogens is 545 g/mol. The molecule has 3 heterocycles. The van der Waals surface area contributed by atoms with Gasteiger partial charge in [-0.15, -0.1) is 0 Å². The molecule has 3 aromatic rings. The molecule has 2 aromatic carbocycles. The SMILES string of the molecule is COCC1CN(c2ccc(Nc3ncc4c(n3)N(C)CN(c3c(Cl)cccc3Cl)C4=O)cc2)CCN1C(=O)O. The van der Waals surface area contributed by atoms with Crippen LogP contribution in [0.5, 0.6) is 0 Å². The third-order valence-corrected chi connectivity index (χ3v) is 7.35. The van der Waals surface area contributed by atoms with E-state index in [2.05, 4.69) is 20.2 Å². The van der Waals surface area contributed by atoms with Crippen LogP contribution in [0.15, 0.2) is 48.7 Å². The number of nitrogens with zero attached hydrogens (tertiary/aromatic N) is 6. The van der Waals surface area contributed by atoms with Gasteiger partial charge in [0.05, 0.1) is 35.1 Å². The predicted molar refractivity (Wildman–Crippen MR) is 151 cm³/mol. The summed E-state index contributed by atoms with van der Waals surface area (Å²) in [7, 11) is 3.40. The first-order valence-corrected chi connectivity index (χ1v) is 13.0. The van der Waals surface area contributed by atoms with E-state index in [1.165, 1.54) is 16.0 Å². The average molecular weight is 572 g/mol. The fourth-order valence-electron chi connectivity index (χ4n) is 4.84. The molecule has 0 spiro atoms. The van der Waals surface area contributed by atoms with Gasteiger partial charge >= 0.3 is 6.09 Å². The molecule has 1 fully saturated rings. The van der Waals surface area contributed by atoms with Crippen molar-refractivity contribution in [3.05, 3.63) is 64.3 Å². The maximum atomic E-state index is 13.3. The number of fused-ring (bicyclic) bond motifs is 1. The van der Waals surface area contributed by atoms with E-state index in [4.69, 9.17) is 27.9 Å². The first-order valence-electron chi connectivity index (χ1n) is 12.2. The highest BCUT2D eigenvalue weighted by Crippen LogP contribution is 2.37. The molecule has 0 aliphatic carbocycles. The van der Waals surface area contributed by atoms with Crippen LogP contribution in [0.3, 0.4) is 0 Å². The zero-order chi connectivity index (χ0) is 27.7. The van der Waals surface area contributed by atoms with Gasteiger partial charge < -0.3 is 25.0 Å². The van der Waals surface area contributed by atoms with Gasteiger partial charge in [0, 0.05) is 51.4 Å². The summed E-state index contributed by atoms with van der Waals surface area (Å²) in [5, 5.41) is 13.4. The van der Waals surface area contributed by atoms with Gasteiger partial charge in [0.1, 0.15) is 11.4 Å². The number of halogens is 2. The topological polar surface area (TPSA) is 114 Å². The van der Waals surface area contributed by atoms with Crippen molar-refractivity contribution in [1.29, 1.82) is 0 Å². The molecule has 1 aromatic heterocycles. The number of hydrogen-bond acceptors (Lipinski definition) is 8. The summed E-state index contributed by atoms with van der Waals surface area (Å²) in [4.78, 5) is 40.7. The number of anilines is 5. The number of ether oxygens (including phenoxy) is 1. The number of methoxy groups -OCH3 is 1. The number of aromatic nitrogens is 2. The molecular formula is C26H27Cl2N7O4. The van der Waals surface area contributed by atoms with E-state index in [1.807, 2.05) is 36.2 Å². The van der Waals surface area contributed by atoms with Crippen molar-refractivity contribution in [3.8, 4) is 0 Å². The largest absolute Gasteiger partial charge is 0.465 e. The van der Waals surface area contributed by atoms with Gasteiger partial charge in [0.2, 0.25) is 5.95 Å². The number of carbonyl (C=O) groups is 2. The second kappa shape index (κ2) is 11.1. The van der Waals surface area contributed by atoms with Crippen LogP contribution >= 0.6 is 23.2 Å². The van der Waals surface area contributed by atoms with Crippen molar-refractivity contribution in [2.75, 3.05) is 67.1 Å². The van der Waals surface area contributed by atoms with Gasteiger partial charge in [-0.25, -0.2) is 9.78 Å². The number of amides is 2. The Labute approximate surface area is 235 Å². The first kappa shape index (κ1) is 26.8. The number of para-hydroxylation sites is 1. The molecule has 1 unspecified atom stereocenters. The van der Waals surface area contributed by atoms with Gasteiger partial charge in [0.15, 0.2) is 0 Å². The second-order valence-corrected chi connectivity index (χ2v) is 10.1. The van der Waals surface area contributed by atoms with E-state index in [0.717, 1.165) is 11.4 Å². The van der Waals surface area contributed by atoms with E-state index in [9.17, 15) is 14.7 Å². The van der Waals surface area contributed by atoms with Crippen LogP contribution in [-0.4, -0.2) is 85.1 Å². The number of benzene rings is 2. The van der Waals surface area contributed by atoms with Crippen LogP contribution in [0.1, 0.15) is 10.4 Å². The summed E-state index contributed by atoms with van der Waals surface area (Å²) in [6.07, 6.45) is 0.557. The van der Waals surface area contributed by atoms with Crippen molar-refractivity contribution >= 4 is 64.0 Å². The summed E-state index contributed by atoms with van der Waals surface area (Å²) < 4.78 is 5.23. The standard InChI is InChI=1S/C26H27Cl2N7O4/c1-32-15-35(22-20(27)4-3-5-21(22)28)24(36)19-12-29-25(31-23(19)32)30-16-6-8-17(9-7-16)33-10-11-34(26(37)38)18(13-33)14-39-2/h3-9,12,18H,10-11,13-15H2,1-2H3,(H,37,38)(H,29,30,31). The molecule has 11 nitrogen and oxygen atoms in total. The smallest absolute Gasteiger partial charge is 0.407 e. The van der Waals surface area contributed by atoms with Crippen LogP contribution in [0, 0.1) is 0 Å². The molecule has 2 N–H and O–H groups in total. The lowest BCUT2D eigenvalue weighted by atomic mass is 10.1. The van der Waals surface area contributed by atoms with E-state index >= 15 is 0 Å². The lowest BCUT2D eigenvalue weighted by Crippen LogP contribution is -2.56. The Balaban J connectivity index is 1.30. The highest BCUT2D eigenvalue weighted by molar-refractivity contribution is 6.40. The molecule has 2 aliphatic heterocycles. The van der Waals surface area contributed by atoms with Crippen molar-refractivity contribution in [3.63, 3.8) is 0 Å². The normalized spacial score (nSPS) is 17.3. The monoisotopic (exact) mass is 571 g/mol. The molecule has 204 valence electrons. The van der Waals surface area contributed by atoms with Crippen LogP contribution in [0.2, 0.25) is 10.0 Å². The lowest BCUT2D eigenvalue weighted by molar-refractivity contribution is 0.0737. The van der Waals surface area contributed by atoms with Gasteiger partial charge in [-0.05, 0) is 36.4 Å². The third kappa shape index (κ3) is 5.38. The van der Waals surface area contributed by atoms with Crippen molar-refractivity contribution in [2.24, 2.45) is 0 Å².